The summed E-state index contributed by atoms with van der Waals surface area (Å²) in [5.74, 6) is 0. The van der Waals surface area contributed by atoms with Crippen molar-refractivity contribution in [3.63, 3.8) is 0 Å². The molecule has 0 radical (unpaired) electrons. The number of nitrogen functional groups attached to an aromatic ring is 1. The maximum Gasteiger partial charge on any atom is 0.180 e. The van der Waals surface area contributed by atoms with Gasteiger partial charge in [0.2, 0.25) is 0 Å². The van der Waals surface area contributed by atoms with Crippen LogP contribution in [0.3, 0.4) is 0 Å². The first-order valence-corrected chi connectivity index (χ1v) is 8.78. The van der Waals surface area contributed by atoms with Crippen LogP contribution in [0.2, 0.25) is 5.02 Å². The Bertz CT molecular complexity index is 602. The van der Waals surface area contributed by atoms with Crippen molar-refractivity contribution in [1.29, 1.82) is 0 Å². The summed E-state index contributed by atoms with van der Waals surface area (Å²) in [6, 6.07) is 8.17. The van der Waals surface area contributed by atoms with Gasteiger partial charge in [-0.25, -0.2) is 4.98 Å². The van der Waals surface area contributed by atoms with Crippen molar-refractivity contribution < 1.29 is 0 Å². The second-order valence-corrected chi connectivity index (χ2v) is 7.28. The van der Waals surface area contributed by atoms with Crippen LogP contribution in [0.5, 0.6) is 0 Å². The van der Waals surface area contributed by atoms with Gasteiger partial charge in [-0.15, -0.1) is 23.7 Å². The molecule has 0 amide bonds. The summed E-state index contributed by atoms with van der Waals surface area (Å²) in [6.45, 7) is 6.42. The lowest BCUT2D eigenvalue weighted by molar-refractivity contribution is 0.248. The van der Waals surface area contributed by atoms with Crippen molar-refractivity contribution in [2.75, 3.05) is 31.9 Å². The van der Waals surface area contributed by atoms with Gasteiger partial charge in [0.25, 0.3) is 0 Å². The first kappa shape index (κ1) is 18.5. The first-order valence-electron chi connectivity index (χ1n) is 7.58. The van der Waals surface area contributed by atoms with E-state index < -0.39 is 0 Å². The van der Waals surface area contributed by atoms with Gasteiger partial charge in [-0.1, -0.05) is 23.7 Å². The van der Waals surface area contributed by atoms with E-state index in [9.17, 15) is 0 Å². The number of rotatable bonds is 4. The lowest BCUT2D eigenvalue weighted by atomic mass is 10.2. The van der Waals surface area contributed by atoms with E-state index in [1.54, 1.807) is 11.3 Å². The first-order chi connectivity index (χ1) is 10.7. The third kappa shape index (κ3) is 5.62. The number of thiazole rings is 1. The van der Waals surface area contributed by atoms with Crippen LogP contribution in [0.15, 0.2) is 30.5 Å². The average Bonchev–Trinajstić information content (AvgIpc) is 2.78. The third-order valence-corrected chi connectivity index (χ3v) is 5.01. The molecule has 1 aliphatic rings. The molecule has 2 N–H and O–H groups in total. The van der Waals surface area contributed by atoms with Gasteiger partial charge in [-0.3, -0.25) is 9.80 Å². The van der Waals surface area contributed by atoms with Gasteiger partial charge in [0.1, 0.15) is 0 Å². The molecule has 0 aliphatic carbocycles. The summed E-state index contributed by atoms with van der Waals surface area (Å²) in [7, 11) is 0. The summed E-state index contributed by atoms with van der Waals surface area (Å²) in [4.78, 5) is 10.4. The Kier molecular flexibility index (Phi) is 7.11. The maximum absolute atomic E-state index is 5.95. The van der Waals surface area contributed by atoms with Crippen molar-refractivity contribution in [2.45, 2.75) is 19.5 Å². The SMILES string of the molecule is Cl.Nc1ncc(CN2CCCN(Cc3ccc(Cl)cc3)CC2)s1. The zero-order valence-electron chi connectivity index (χ0n) is 12.9. The number of nitrogens with zero attached hydrogens (tertiary/aromatic N) is 3. The van der Waals surface area contributed by atoms with E-state index in [0.717, 1.165) is 44.3 Å². The molecule has 1 aromatic carbocycles. The summed E-state index contributed by atoms with van der Waals surface area (Å²) in [5, 5.41) is 1.46. The van der Waals surface area contributed by atoms with Crippen molar-refractivity contribution in [3.05, 3.63) is 45.9 Å². The Morgan fingerprint density at radius 3 is 2.30 bits per heavy atom. The zero-order valence-corrected chi connectivity index (χ0v) is 15.3. The molecule has 126 valence electrons. The molecule has 0 atom stereocenters. The number of aromatic nitrogens is 1. The number of nitrogens with two attached hydrogens (primary N) is 1. The fourth-order valence-electron chi connectivity index (χ4n) is 2.80. The molecule has 2 aromatic rings. The number of halogens is 2. The van der Waals surface area contributed by atoms with Gasteiger partial charge >= 0.3 is 0 Å². The number of benzene rings is 1. The van der Waals surface area contributed by atoms with Crippen molar-refractivity contribution in [3.8, 4) is 0 Å². The molecule has 0 bridgehead atoms. The van der Waals surface area contributed by atoms with Gasteiger partial charge in [-0.2, -0.15) is 0 Å². The molecule has 23 heavy (non-hydrogen) atoms. The summed E-state index contributed by atoms with van der Waals surface area (Å²) >= 11 is 7.54. The maximum atomic E-state index is 5.95. The van der Waals surface area contributed by atoms with Crippen molar-refractivity contribution >= 4 is 40.5 Å². The lowest BCUT2D eigenvalue weighted by Gasteiger charge is -2.21. The molecule has 1 saturated heterocycles. The minimum absolute atomic E-state index is 0. The monoisotopic (exact) mass is 372 g/mol. The second kappa shape index (κ2) is 8.85. The molecule has 0 unspecified atom stereocenters. The van der Waals surface area contributed by atoms with Crippen LogP contribution in [0, 0.1) is 0 Å². The molecule has 1 aromatic heterocycles. The van der Waals surface area contributed by atoms with Crippen LogP contribution < -0.4 is 5.73 Å². The van der Waals surface area contributed by atoms with Crippen LogP contribution in [0.1, 0.15) is 16.9 Å². The van der Waals surface area contributed by atoms with E-state index in [0.29, 0.717) is 5.13 Å². The number of anilines is 1. The Hall–Kier alpha value is -0.850. The standard InChI is InChI=1S/C16H21ClN4S.ClH/c17-14-4-2-13(3-5-14)11-20-6-1-7-21(9-8-20)12-15-10-19-16(18)22-15;/h2-5,10H,1,6-9,11-12H2,(H2,18,19);1H. The van der Waals surface area contributed by atoms with Gasteiger partial charge < -0.3 is 5.73 Å². The van der Waals surface area contributed by atoms with E-state index in [-0.39, 0.29) is 12.4 Å². The molecule has 1 fully saturated rings. The lowest BCUT2D eigenvalue weighted by Crippen LogP contribution is -2.30. The van der Waals surface area contributed by atoms with Crippen LogP contribution in [0.25, 0.3) is 0 Å². The van der Waals surface area contributed by atoms with Crippen LogP contribution in [-0.2, 0) is 13.1 Å². The fourth-order valence-corrected chi connectivity index (χ4v) is 3.66. The van der Waals surface area contributed by atoms with Gasteiger partial charge in [0.15, 0.2) is 5.13 Å². The zero-order chi connectivity index (χ0) is 15.4. The molecule has 7 heteroatoms. The fraction of sp³-hybridized carbons (Fsp3) is 0.438. The molecule has 0 spiro atoms. The van der Waals surface area contributed by atoms with Gasteiger partial charge in [-0.05, 0) is 37.2 Å². The van der Waals surface area contributed by atoms with E-state index in [4.69, 9.17) is 17.3 Å². The Labute approximate surface area is 152 Å². The van der Waals surface area contributed by atoms with Crippen molar-refractivity contribution in [2.24, 2.45) is 0 Å². The molecule has 1 aliphatic heterocycles. The highest BCUT2D eigenvalue weighted by atomic mass is 35.5. The highest BCUT2D eigenvalue weighted by Gasteiger charge is 2.16. The second-order valence-electron chi connectivity index (χ2n) is 5.70. The average molecular weight is 373 g/mol. The highest BCUT2D eigenvalue weighted by Crippen LogP contribution is 2.18. The normalized spacial score (nSPS) is 16.7. The predicted molar refractivity (Wildman–Crippen MR) is 100 cm³/mol. The summed E-state index contributed by atoms with van der Waals surface area (Å²) < 4.78 is 0. The van der Waals surface area contributed by atoms with Crippen LogP contribution in [-0.4, -0.2) is 41.0 Å². The summed E-state index contributed by atoms with van der Waals surface area (Å²) in [5.41, 5.74) is 7.03. The van der Waals surface area contributed by atoms with E-state index in [1.165, 1.54) is 16.9 Å². The van der Waals surface area contributed by atoms with Crippen LogP contribution >= 0.6 is 35.3 Å². The third-order valence-electron chi connectivity index (χ3n) is 3.95. The predicted octanol–water partition coefficient (Wildman–Crippen LogP) is 3.51. The Morgan fingerprint density at radius 1 is 1.04 bits per heavy atom. The highest BCUT2D eigenvalue weighted by molar-refractivity contribution is 7.15. The van der Waals surface area contributed by atoms with Crippen LogP contribution in [0.4, 0.5) is 5.13 Å². The largest absolute Gasteiger partial charge is 0.375 e. The van der Waals surface area contributed by atoms with Gasteiger partial charge in [0, 0.05) is 42.3 Å². The topological polar surface area (TPSA) is 45.4 Å². The molecule has 4 nitrogen and oxygen atoms in total. The van der Waals surface area contributed by atoms with Gasteiger partial charge in [0.05, 0.1) is 0 Å². The molecular weight excluding hydrogens is 351 g/mol. The summed E-state index contributed by atoms with van der Waals surface area (Å²) in [6.07, 6.45) is 3.10. The van der Waals surface area contributed by atoms with E-state index in [2.05, 4.69) is 26.9 Å². The number of hydrogen-bond acceptors (Lipinski definition) is 5. The van der Waals surface area contributed by atoms with Crippen molar-refractivity contribution in [1.82, 2.24) is 14.8 Å². The minimum atomic E-state index is 0. The smallest absolute Gasteiger partial charge is 0.180 e. The minimum Gasteiger partial charge on any atom is -0.375 e. The Morgan fingerprint density at radius 2 is 1.70 bits per heavy atom. The van der Waals surface area contributed by atoms with E-state index >= 15 is 0 Å². The molecule has 3 rings (SSSR count). The quantitative estimate of drug-likeness (QED) is 0.891. The molecule has 2 heterocycles. The van der Waals surface area contributed by atoms with E-state index in [1.807, 2.05) is 18.3 Å². The number of hydrogen-bond donors (Lipinski definition) is 1. The molecular formula is C16H22Cl2N4S. The Balaban J connectivity index is 0.00000192. The molecule has 0 saturated carbocycles.